The summed E-state index contributed by atoms with van der Waals surface area (Å²) < 4.78 is 9.90. The Bertz CT molecular complexity index is 407. The number of hydrogen-bond donors (Lipinski definition) is 1. The van der Waals surface area contributed by atoms with E-state index in [1.54, 1.807) is 21.0 Å². The number of rotatable bonds is 4. The zero-order valence-corrected chi connectivity index (χ0v) is 11.9. The van der Waals surface area contributed by atoms with Crippen LogP contribution in [0.15, 0.2) is 24.3 Å². The van der Waals surface area contributed by atoms with E-state index in [1.165, 1.54) is 7.11 Å². The van der Waals surface area contributed by atoms with E-state index in [-0.39, 0.29) is 18.4 Å². The zero-order valence-electron chi connectivity index (χ0n) is 11.1. The molecule has 0 heterocycles. The first kappa shape index (κ1) is 16.7. The van der Waals surface area contributed by atoms with Gasteiger partial charge in [-0.05, 0) is 31.5 Å². The second-order valence-electron chi connectivity index (χ2n) is 4.47. The molecule has 1 aromatic rings. The number of methoxy groups -OCH3 is 2. The standard InChI is InChI=1S/C13H19NO3.ClH/c1-13(2,12(15)17-4)11(14)9-6-5-7-10(8-9)16-3;/h5-8,11H,14H2,1-4H3;1H/t11-;/m0./s1. The smallest absolute Gasteiger partial charge is 0.313 e. The Hall–Kier alpha value is -1.26. The van der Waals surface area contributed by atoms with Crippen molar-refractivity contribution in [3.63, 3.8) is 0 Å². The SMILES string of the molecule is COC(=O)C(C)(C)[C@@H](N)c1cccc(OC)c1.Cl. The molecule has 0 saturated heterocycles. The highest BCUT2D eigenvalue weighted by Crippen LogP contribution is 2.33. The average Bonchev–Trinajstić information content (AvgIpc) is 2.36. The Morgan fingerprint density at radius 3 is 2.44 bits per heavy atom. The Kier molecular flexibility index (Phi) is 6.15. The summed E-state index contributed by atoms with van der Waals surface area (Å²) in [5, 5.41) is 0. The zero-order chi connectivity index (χ0) is 13.1. The molecule has 0 spiro atoms. The number of halogens is 1. The van der Waals surface area contributed by atoms with Crippen molar-refractivity contribution < 1.29 is 14.3 Å². The van der Waals surface area contributed by atoms with Crippen molar-refractivity contribution in [1.29, 1.82) is 0 Å². The minimum Gasteiger partial charge on any atom is -0.497 e. The third-order valence-electron chi connectivity index (χ3n) is 2.94. The van der Waals surface area contributed by atoms with Gasteiger partial charge in [0.1, 0.15) is 5.75 Å². The topological polar surface area (TPSA) is 61.5 Å². The predicted molar refractivity (Wildman–Crippen MR) is 73.0 cm³/mol. The fourth-order valence-corrected chi connectivity index (χ4v) is 1.64. The average molecular weight is 274 g/mol. The van der Waals surface area contributed by atoms with Gasteiger partial charge in [0.25, 0.3) is 0 Å². The van der Waals surface area contributed by atoms with Crippen molar-refractivity contribution in [2.75, 3.05) is 14.2 Å². The van der Waals surface area contributed by atoms with E-state index in [9.17, 15) is 4.79 Å². The van der Waals surface area contributed by atoms with Crippen LogP contribution in [0, 0.1) is 5.41 Å². The van der Waals surface area contributed by atoms with Crippen LogP contribution in [0.4, 0.5) is 0 Å². The molecule has 0 aliphatic carbocycles. The summed E-state index contributed by atoms with van der Waals surface area (Å²) in [5.41, 5.74) is 6.19. The maximum atomic E-state index is 11.7. The summed E-state index contributed by atoms with van der Waals surface area (Å²) >= 11 is 0. The molecule has 1 aromatic carbocycles. The van der Waals surface area contributed by atoms with Crippen LogP contribution < -0.4 is 10.5 Å². The van der Waals surface area contributed by atoms with Crippen LogP contribution in [-0.4, -0.2) is 20.2 Å². The molecule has 0 aliphatic heterocycles. The van der Waals surface area contributed by atoms with Crippen molar-refractivity contribution in [2.24, 2.45) is 11.1 Å². The van der Waals surface area contributed by atoms with Crippen LogP contribution in [-0.2, 0) is 9.53 Å². The maximum absolute atomic E-state index is 11.7. The number of carbonyl (C=O) groups excluding carboxylic acids is 1. The van der Waals surface area contributed by atoms with Crippen LogP contribution in [0.2, 0.25) is 0 Å². The fraction of sp³-hybridized carbons (Fsp3) is 0.462. The van der Waals surface area contributed by atoms with E-state index < -0.39 is 11.5 Å². The summed E-state index contributed by atoms with van der Waals surface area (Å²) in [7, 11) is 2.96. The lowest BCUT2D eigenvalue weighted by molar-refractivity contribution is -0.152. The van der Waals surface area contributed by atoms with E-state index in [0.29, 0.717) is 0 Å². The molecular weight excluding hydrogens is 254 g/mol. The monoisotopic (exact) mass is 273 g/mol. The van der Waals surface area contributed by atoms with Crippen molar-refractivity contribution in [3.8, 4) is 5.75 Å². The number of esters is 1. The third kappa shape index (κ3) is 3.37. The van der Waals surface area contributed by atoms with Gasteiger partial charge in [-0.15, -0.1) is 12.4 Å². The molecule has 0 amide bonds. The van der Waals surface area contributed by atoms with Gasteiger partial charge in [0.15, 0.2) is 0 Å². The van der Waals surface area contributed by atoms with Crippen molar-refractivity contribution in [3.05, 3.63) is 29.8 Å². The second kappa shape index (κ2) is 6.61. The molecule has 0 aromatic heterocycles. The highest BCUT2D eigenvalue weighted by Gasteiger charge is 2.36. The third-order valence-corrected chi connectivity index (χ3v) is 2.94. The molecule has 0 fully saturated rings. The summed E-state index contributed by atoms with van der Waals surface area (Å²) in [6.07, 6.45) is 0. The molecule has 0 radical (unpaired) electrons. The number of nitrogens with two attached hydrogens (primary N) is 1. The van der Waals surface area contributed by atoms with Crippen molar-refractivity contribution in [2.45, 2.75) is 19.9 Å². The number of carbonyl (C=O) groups is 1. The molecular formula is C13H20ClNO3. The summed E-state index contributed by atoms with van der Waals surface area (Å²) in [4.78, 5) is 11.7. The first-order valence-electron chi connectivity index (χ1n) is 5.41. The Morgan fingerprint density at radius 1 is 1.33 bits per heavy atom. The Morgan fingerprint density at radius 2 is 1.94 bits per heavy atom. The summed E-state index contributed by atoms with van der Waals surface area (Å²) in [6.45, 7) is 3.53. The van der Waals surface area contributed by atoms with Gasteiger partial charge in [-0.2, -0.15) is 0 Å². The molecule has 18 heavy (non-hydrogen) atoms. The lowest BCUT2D eigenvalue weighted by Gasteiger charge is -2.29. The molecule has 1 atom stereocenters. The van der Waals surface area contributed by atoms with Crippen LogP contribution >= 0.6 is 12.4 Å². The number of benzene rings is 1. The first-order chi connectivity index (χ1) is 7.93. The normalized spacial score (nSPS) is 12.3. The van der Waals surface area contributed by atoms with E-state index in [0.717, 1.165) is 11.3 Å². The van der Waals surface area contributed by atoms with Crippen molar-refractivity contribution in [1.82, 2.24) is 0 Å². The molecule has 0 unspecified atom stereocenters. The van der Waals surface area contributed by atoms with Gasteiger partial charge >= 0.3 is 5.97 Å². The predicted octanol–water partition coefficient (Wildman–Crippen LogP) is 2.32. The second-order valence-corrected chi connectivity index (χ2v) is 4.47. The molecule has 5 heteroatoms. The van der Waals surface area contributed by atoms with E-state index in [1.807, 2.05) is 24.3 Å². The molecule has 0 aliphatic rings. The minimum atomic E-state index is -0.777. The first-order valence-corrected chi connectivity index (χ1v) is 5.41. The molecule has 1 rings (SSSR count). The largest absolute Gasteiger partial charge is 0.497 e. The number of hydrogen-bond acceptors (Lipinski definition) is 4. The van der Waals surface area contributed by atoms with Gasteiger partial charge in [0.2, 0.25) is 0 Å². The van der Waals surface area contributed by atoms with Gasteiger partial charge in [0.05, 0.1) is 19.6 Å². The van der Waals surface area contributed by atoms with E-state index >= 15 is 0 Å². The van der Waals surface area contributed by atoms with Crippen LogP contribution in [0.1, 0.15) is 25.5 Å². The lowest BCUT2D eigenvalue weighted by Crippen LogP contribution is -2.37. The van der Waals surface area contributed by atoms with Gasteiger partial charge in [-0.25, -0.2) is 0 Å². The van der Waals surface area contributed by atoms with Gasteiger partial charge in [0, 0.05) is 6.04 Å². The minimum absolute atomic E-state index is 0. The highest BCUT2D eigenvalue weighted by molar-refractivity contribution is 5.85. The Balaban J connectivity index is 0.00000289. The highest BCUT2D eigenvalue weighted by atomic mass is 35.5. The summed E-state index contributed by atoms with van der Waals surface area (Å²) in [6, 6.07) is 6.95. The Labute approximate surface area is 114 Å². The van der Waals surface area contributed by atoms with Gasteiger partial charge < -0.3 is 15.2 Å². The van der Waals surface area contributed by atoms with Gasteiger partial charge in [-0.3, -0.25) is 4.79 Å². The summed E-state index contributed by atoms with van der Waals surface area (Å²) in [5.74, 6) is 0.395. The van der Waals surface area contributed by atoms with E-state index in [2.05, 4.69) is 0 Å². The molecule has 0 bridgehead atoms. The molecule has 0 saturated carbocycles. The van der Waals surface area contributed by atoms with Gasteiger partial charge in [-0.1, -0.05) is 12.1 Å². The van der Waals surface area contributed by atoms with Crippen LogP contribution in [0.3, 0.4) is 0 Å². The molecule has 4 nitrogen and oxygen atoms in total. The number of ether oxygens (including phenoxy) is 2. The molecule has 102 valence electrons. The quantitative estimate of drug-likeness (QED) is 0.855. The maximum Gasteiger partial charge on any atom is 0.313 e. The van der Waals surface area contributed by atoms with Crippen LogP contribution in [0.25, 0.3) is 0 Å². The molecule has 2 N–H and O–H groups in total. The van der Waals surface area contributed by atoms with Crippen molar-refractivity contribution >= 4 is 18.4 Å². The van der Waals surface area contributed by atoms with Crippen LogP contribution in [0.5, 0.6) is 5.75 Å². The lowest BCUT2D eigenvalue weighted by atomic mass is 9.81. The fourth-order valence-electron chi connectivity index (χ4n) is 1.64. The van der Waals surface area contributed by atoms with E-state index in [4.69, 9.17) is 15.2 Å².